The van der Waals surface area contributed by atoms with Crippen molar-refractivity contribution in [3.63, 3.8) is 0 Å². The molecule has 1 heterocycles. The van der Waals surface area contributed by atoms with Gasteiger partial charge in [0.1, 0.15) is 23.7 Å². The molecule has 0 aliphatic rings. The van der Waals surface area contributed by atoms with Crippen LogP contribution in [-0.4, -0.2) is 48.2 Å². The number of nitrogens with zero attached hydrogens (tertiary/aromatic N) is 1. The van der Waals surface area contributed by atoms with Crippen molar-refractivity contribution in [2.24, 2.45) is 0 Å². The normalized spacial score (nSPS) is 12.4. The minimum Gasteiger partial charge on any atom is -0.496 e. The van der Waals surface area contributed by atoms with Gasteiger partial charge in [0.25, 0.3) is 5.91 Å². The van der Waals surface area contributed by atoms with Crippen molar-refractivity contribution in [2.45, 2.75) is 58.0 Å². The number of aliphatic carboxylic acids is 1. The lowest BCUT2D eigenvalue weighted by Crippen LogP contribution is -2.36. The molecule has 2 atom stereocenters. The van der Waals surface area contributed by atoms with Crippen LogP contribution < -0.4 is 20.1 Å². The third-order valence-electron chi connectivity index (χ3n) is 7.77. The molecular formula is C35H41N3O6. The predicted octanol–water partition coefficient (Wildman–Crippen LogP) is 6.00. The number of aromatic nitrogens is 1. The van der Waals surface area contributed by atoms with E-state index in [9.17, 15) is 19.5 Å². The van der Waals surface area contributed by atoms with Gasteiger partial charge < -0.3 is 29.8 Å². The number of methoxy groups -OCH3 is 2. The van der Waals surface area contributed by atoms with Crippen molar-refractivity contribution >= 4 is 28.7 Å². The zero-order valence-electron chi connectivity index (χ0n) is 25.8. The number of nitrogens with one attached hydrogen (secondary N) is 2. The predicted molar refractivity (Wildman–Crippen MR) is 170 cm³/mol. The largest absolute Gasteiger partial charge is 0.496 e. The van der Waals surface area contributed by atoms with Gasteiger partial charge in [0, 0.05) is 17.4 Å². The standard InChI is InChI=1S/C35H41N3O6/c1-5-6-15-27(33-30(43-3)19-23(2)20-31(33)44-4)37-34(41)26(24-12-8-7-9-13-24)17-18-36-35(42)29-21-25-14-10-11-16-28(25)38(29)22-32(39)40/h7-14,16,19-21,26-27H,5-6,15,17-18,22H2,1-4H3,(H,36,42)(H,37,41)(H,39,40)/t26-,27?/m1/s1. The van der Waals surface area contributed by atoms with E-state index in [4.69, 9.17) is 9.47 Å². The van der Waals surface area contributed by atoms with E-state index in [-0.39, 0.29) is 30.7 Å². The van der Waals surface area contributed by atoms with Crippen LogP contribution in [0.4, 0.5) is 0 Å². The van der Waals surface area contributed by atoms with Crippen LogP contribution in [0.5, 0.6) is 11.5 Å². The number of rotatable bonds is 15. The highest BCUT2D eigenvalue weighted by Crippen LogP contribution is 2.38. The molecule has 232 valence electrons. The third kappa shape index (κ3) is 7.58. The molecule has 0 saturated carbocycles. The number of amides is 2. The van der Waals surface area contributed by atoms with Gasteiger partial charge in [-0.1, -0.05) is 68.3 Å². The Hall–Kier alpha value is -4.79. The SMILES string of the molecule is CCCCC(NC(=O)[C@H](CCNC(=O)c1cc2ccccc2n1CC(=O)O)c1ccccc1)c1c(OC)cc(C)cc1OC. The summed E-state index contributed by atoms with van der Waals surface area (Å²) in [5.41, 5.74) is 3.54. The van der Waals surface area contributed by atoms with Crippen LogP contribution in [0, 0.1) is 6.92 Å². The average molecular weight is 600 g/mol. The summed E-state index contributed by atoms with van der Waals surface area (Å²) in [7, 11) is 3.23. The van der Waals surface area contributed by atoms with Crippen LogP contribution in [0.25, 0.3) is 10.9 Å². The quantitative estimate of drug-likeness (QED) is 0.154. The molecule has 4 aromatic rings. The lowest BCUT2D eigenvalue weighted by Gasteiger charge is -2.26. The van der Waals surface area contributed by atoms with Crippen LogP contribution in [-0.2, 0) is 16.1 Å². The summed E-state index contributed by atoms with van der Waals surface area (Å²) < 4.78 is 13.0. The fraction of sp³-hybridized carbons (Fsp3) is 0.343. The molecule has 0 aliphatic heterocycles. The van der Waals surface area contributed by atoms with Crippen LogP contribution in [0.3, 0.4) is 0 Å². The Morgan fingerprint density at radius 3 is 2.20 bits per heavy atom. The lowest BCUT2D eigenvalue weighted by molar-refractivity contribution is -0.137. The van der Waals surface area contributed by atoms with Gasteiger partial charge in [0.05, 0.1) is 31.7 Å². The van der Waals surface area contributed by atoms with Crippen molar-refractivity contribution in [2.75, 3.05) is 20.8 Å². The molecule has 3 aromatic carbocycles. The fourth-order valence-corrected chi connectivity index (χ4v) is 5.64. The second-order valence-corrected chi connectivity index (χ2v) is 10.9. The average Bonchev–Trinajstić information content (AvgIpc) is 3.38. The summed E-state index contributed by atoms with van der Waals surface area (Å²) in [5, 5.41) is 16.4. The first-order valence-corrected chi connectivity index (χ1v) is 14.9. The Labute approximate surface area is 258 Å². The molecule has 3 N–H and O–H groups in total. The van der Waals surface area contributed by atoms with Gasteiger partial charge in [-0.05, 0) is 55.2 Å². The number of aryl methyl sites for hydroxylation is 1. The van der Waals surface area contributed by atoms with E-state index in [0.717, 1.165) is 34.9 Å². The molecule has 0 radical (unpaired) electrons. The first-order valence-electron chi connectivity index (χ1n) is 14.9. The minimum absolute atomic E-state index is 0.170. The van der Waals surface area contributed by atoms with Gasteiger partial charge in [-0.25, -0.2) is 0 Å². The first kappa shape index (κ1) is 32.1. The maximum absolute atomic E-state index is 14.0. The van der Waals surface area contributed by atoms with Gasteiger partial charge in [0.2, 0.25) is 5.91 Å². The maximum Gasteiger partial charge on any atom is 0.323 e. The Morgan fingerprint density at radius 2 is 1.57 bits per heavy atom. The molecule has 1 unspecified atom stereocenters. The smallest absolute Gasteiger partial charge is 0.323 e. The number of fused-ring (bicyclic) bond motifs is 1. The number of hydrogen-bond donors (Lipinski definition) is 3. The van der Waals surface area contributed by atoms with Crippen LogP contribution >= 0.6 is 0 Å². The van der Waals surface area contributed by atoms with Crippen molar-refractivity contribution < 1.29 is 29.0 Å². The molecule has 0 bridgehead atoms. The van der Waals surface area contributed by atoms with Crippen LogP contribution in [0.2, 0.25) is 0 Å². The molecule has 4 rings (SSSR count). The molecule has 44 heavy (non-hydrogen) atoms. The number of carboxylic acids is 1. The van der Waals surface area contributed by atoms with E-state index in [1.165, 1.54) is 4.57 Å². The van der Waals surface area contributed by atoms with Crippen molar-refractivity contribution in [3.05, 3.63) is 95.2 Å². The fourth-order valence-electron chi connectivity index (χ4n) is 5.64. The third-order valence-corrected chi connectivity index (χ3v) is 7.77. The van der Waals surface area contributed by atoms with Crippen molar-refractivity contribution in [3.8, 4) is 11.5 Å². The molecular weight excluding hydrogens is 558 g/mol. The highest BCUT2D eigenvalue weighted by molar-refractivity contribution is 5.99. The number of carboxylic acid groups (broad SMARTS) is 1. The Balaban J connectivity index is 1.57. The van der Waals surface area contributed by atoms with Gasteiger partial charge in [-0.3, -0.25) is 14.4 Å². The summed E-state index contributed by atoms with van der Waals surface area (Å²) in [6.45, 7) is 3.94. The van der Waals surface area contributed by atoms with E-state index >= 15 is 0 Å². The van der Waals surface area contributed by atoms with Gasteiger partial charge in [-0.15, -0.1) is 0 Å². The van der Waals surface area contributed by atoms with Gasteiger partial charge in [0.15, 0.2) is 0 Å². The Bertz CT molecular complexity index is 1570. The zero-order chi connectivity index (χ0) is 31.6. The van der Waals surface area contributed by atoms with E-state index < -0.39 is 17.8 Å². The summed E-state index contributed by atoms with van der Waals surface area (Å²) in [6.07, 6.45) is 2.88. The number of hydrogen-bond acceptors (Lipinski definition) is 5. The molecule has 0 fully saturated rings. The number of benzene rings is 3. The monoisotopic (exact) mass is 599 g/mol. The maximum atomic E-state index is 14.0. The zero-order valence-corrected chi connectivity index (χ0v) is 25.8. The molecule has 0 spiro atoms. The molecule has 9 heteroatoms. The van der Waals surface area contributed by atoms with E-state index in [0.29, 0.717) is 29.9 Å². The van der Waals surface area contributed by atoms with E-state index in [1.807, 2.05) is 61.5 Å². The second kappa shape index (κ2) is 15.1. The molecule has 2 amide bonds. The molecule has 0 aliphatic carbocycles. The summed E-state index contributed by atoms with van der Waals surface area (Å²) in [4.78, 5) is 38.9. The summed E-state index contributed by atoms with van der Waals surface area (Å²) >= 11 is 0. The summed E-state index contributed by atoms with van der Waals surface area (Å²) in [6, 6.07) is 22.0. The number of ether oxygens (including phenoxy) is 2. The molecule has 0 saturated heterocycles. The number of unbranched alkanes of at least 4 members (excludes halogenated alkanes) is 1. The highest BCUT2D eigenvalue weighted by Gasteiger charge is 2.28. The molecule has 1 aromatic heterocycles. The van der Waals surface area contributed by atoms with Gasteiger partial charge >= 0.3 is 5.97 Å². The number of para-hydroxylation sites is 1. The number of carbonyl (C=O) groups excluding carboxylic acids is 2. The molecule has 9 nitrogen and oxygen atoms in total. The highest BCUT2D eigenvalue weighted by atomic mass is 16.5. The van der Waals surface area contributed by atoms with E-state index in [2.05, 4.69) is 17.6 Å². The number of carbonyl (C=O) groups is 3. The lowest BCUT2D eigenvalue weighted by atomic mass is 9.92. The van der Waals surface area contributed by atoms with Crippen molar-refractivity contribution in [1.82, 2.24) is 15.2 Å². The summed E-state index contributed by atoms with van der Waals surface area (Å²) in [5.74, 6) is -0.846. The van der Waals surface area contributed by atoms with Crippen LogP contribution in [0.15, 0.2) is 72.8 Å². The Kier molecular flexibility index (Phi) is 11.0. The van der Waals surface area contributed by atoms with Crippen LogP contribution in [0.1, 0.15) is 71.7 Å². The van der Waals surface area contributed by atoms with E-state index in [1.54, 1.807) is 32.4 Å². The minimum atomic E-state index is -1.04. The first-order chi connectivity index (χ1) is 21.3. The topological polar surface area (TPSA) is 119 Å². The van der Waals surface area contributed by atoms with Crippen molar-refractivity contribution in [1.29, 1.82) is 0 Å². The second-order valence-electron chi connectivity index (χ2n) is 10.9. The van der Waals surface area contributed by atoms with Gasteiger partial charge in [-0.2, -0.15) is 0 Å². The Morgan fingerprint density at radius 1 is 0.909 bits per heavy atom.